The minimum Gasteiger partial charge on any atom is -0.385 e. The van der Waals surface area contributed by atoms with Crippen LogP contribution in [-0.4, -0.2) is 26.5 Å². The van der Waals surface area contributed by atoms with Gasteiger partial charge in [0.05, 0.1) is 6.42 Å². The van der Waals surface area contributed by atoms with Crippen LogP contribution in [0.25, 0.3) is 0 Å². The van der Waals surface area contributed by atoms with Gasteiger partial charge in [-0.1, -0.05) is 19.3 Å². The molecule has 1 unspecified atom stereocenters. The largest absolute Gasteiger partial charge is 0.385 e. The van der Waals surface area contributed by atoms with Gasteiger partial charge in [0.2, 0.25) is 0 Å². The van der Waals surface area contributed by atoms with E-state index in [0.29, 0.717) is 0 Å². The van der Waals surface area contributed by atoms with Crippen LogP contribution in [0.2, 0.25) is 0 Å². The smallest absolute Gasteiger partial charge is 0.169 e. The minimum absolute atomic E-state index is 0.0807. The zero-order valence-corrected chi connectivity index (χ0v) is 11.0. The van der Waals surface area contributed by atoms with Crippen molar-refractivity contribution in [1.82, 2.24) is 9.55 Å². The molecular weight excluding hydrogens is 228 g/mol. The first-order valence-corrected chi connectivity index (χ1v) is 6.93. The van der Waals surface area contributed by atoms with Gasteiger partial charge in [-0.05, 0) is 25.7 Å². The molecule has 0 aliphatic heterocycles. The summed E-state index contributed by atoms with van der Waals surface area (Å²) in [7, 11) is 0. The summed E-state index contributed by atoms with van der Waals surface area (Å²) in [6.45, 7) is 2.83. The van der Waals surface area contributed by atoms with Crippen LogP contribution in [0.1, 0.15) is 44.9 Å². The number of hydrogen-bond donors (Lipinski definition) is 1. The number of aromatic nitrogens is 2. The Hall–Kier alpha value is -1.16. The van der Waals surface area contributed by atoms with E-state index in [2.05, 4.69) is 4.98 Å². The van der Waals surface area contributed by atoms with Crippen LogP contribution in [0, 0.1) is 5.92 Å². The molecule has 100 valence electrons. The molecule has 1 aliphatic rings. The predicted octanol–water partition coefficient (Wildman–Crippen LogP) is 1.96. The van der Waals surface area contributed by atoms with Gasteiger partial charge in [0.15, 0.2) is 5.78 Å². The molecule has 1 heterocycles. The Labute approximate surface area is 108 Å². The molecule has 2 rings (SSSR count). The van der Waals surface area contributed by atoms with E-state index in [9.17, 15) is 9.90 Å². The number of aryl methyl sites for hydroxylation is 1. The summed E-state index contributed by atoms with van der Waals surface area (Å²) in [5.41, 5.74) is 0. The average Bonchev–Trinajstić information content (AvgIpc) is 2.86. The molecule has 1 N–H and O–H groups in total. The van der Waals surface area contributed by atoms with Gasteiger partial charge in [0.1, 0.15) is 11.9 Å². The van der Waals surface area contributed by atoms with Crippen LogP contribution in [-0.2, 0) is 17.8 Å². The molecule has 0 aromatic carbocycles. The first-order chi connectivity index (χ1) is 8.72. The molecule has 1 aromatic rings. The van der Waals surface area contributed by atoms with E-state index in [0.717, 1.165) is 38.1 Å². The van der Waals surface area contributed by atoms with Gasteiger partial charge in [0.25, 0.3) is 0 Å². The van der Waals surface area contributed by atoms with Crippen molar-refractivity contribution in [3.05, 3.63) is 18.2 Å². The van der Waals surface area contributed by atoms with Crippen molar-refractivity contribution in [2.24, 2.45) is 5.92 Å². The number of nitrogens with zero attached hydrogens (tertiary/aromatic N) is 2. The fraction of sp³-hybridized carbons (Fsp3) is 0.714. The molecule has 4 heteroatoms. The maximum atomic E-state index is 12.1. The lowest BCUT2D eigenvalue weighted by Gasteiger charge is -2.25. The molecule has 0 saturated heterocycles. The number of carbonyl (C=O) groups excluding carboxylic acids is 1. The lowest BCUT2D eigenvalue weighted by Crippen LogP contribution is -2.32. The van der Waals surface area contributed by atoms with E-state index in [1.54, 1.807) is 6.20 Å². The second kappa shape index (κ2) is 6.14. The standard InChI is InChI=1S/C14H22N2O2/c1-2-16-9-8-15-13(16)10-12(17)14(18)11-6-4-3-5-7-11/h8-9,11,14,18H,2-7,10H2,1H3. The monoisotopic (exact) mass is 250 g/mol. The zero-order chi connectivity index (χ0) is 13.0. The lowest BCUT2D eigenvalue weighted by molar-refractivity contribution is -0.129. The van der Waals surface area contributed by atoms with Gasteiger partial charge < -0.3 is 9.67 Å². The van der Waals surface area contributed by atoms with Gasteiger partial charge in [-0.25, -0.2) is 4.98 Å². The van der Waals surface area contributed by atoms with Gasteiger partial charge >= 0.3 is 0 Å². The van der Waals surface area contributed by atoms with E-state index >= 15 is 0 Å². The Morgan fingerprint density at radius 1 is 1.50 bits per heavy atom. The van der Waals surface area contributed by atoms with Crippen LogP contribution in [0.5, 0.6) is 0 Å². The lowest BCUT2D eigenvalue weighted by atomic mass is 9.83. The van der Waals surface area contributed by atoms with Crippen LogP contribution in [0.15, 0.2) is 12.4 Å². The van der Waals surface area contributed by atoms with Gasteiger partial charge in [-0.3, -0.25) is 4.79 Å². The van der Waals surface area contributed by atoms with E-state index < -0.39 is 6.10 Å². The quantitative estimate of drug-likeness (QED) is 0.869. The molecule has 0 bridgehead atoms. The highest BCUT2D eigenvalue weighted by Gasteiger charge is 2.27. The van der Waals surface area contributed by atoms with Crippen molar-refractivity contribution in [3.63, 3.8) is 0 Å². The topological polar surface area (TPSA) is 55.1 Å². The summed E-state index contributed by atoms with van der Waals surface area (Å²) in [5.74, 6) is 0.844. The van der Waals surface area contributed by atoms with Crippen molar-refractivity contribution < 1.29 is 9.90 Å². The Morgan fingerprint density at radius 2 is 2.22 bits per heavy atom. The van der Waals surface area contributed by atoms with Crippen molar-refractivity contribution >= 4 is 5.78 Å². The first-order valence-electron chi connectivity index (χ1n) is 6.93. The fourth-order valence-electron chi connectivity index (χ4n) is 2.77. The average molecular weight is 250 g/mol. The minimum atomic E-state index is -0.799. The van der Waals surface area contributed by atoms with Gasteiger partial charge in [-0.15, -0.1) is 0 Å². The zero-order valence-electron chi connectivity index (χ0n) is 11.0. The molecule has 1 fully saturated rings. The summed E-state index contributed by atoms with van der Waals surface area (Å²) < 4.78 is 1.95. The highest BCUT2D eigenvalue weighted by molar-refractivity contribution is 5.84. The number of rotatable bonds is 5. The summed E-state index contributed by atoms with van der Waals surface area (Å²) in [6, 6.07) is 0. The Kier molecular flexibility index (Phi) is 4.53. The number of hydrogen-bond acceptors (Lipinski definition) is 3. The fourth-order valence-corrected chi connectivity index (χ4v) is 2.77. The molecule has 0 amide bonds. The summed E-state index contributed by atoms with van der Waals surface area (Å²) >= 11 is 0. The second-order valence-electron chi connectivity index (χ2n) is 5.12. The van der Waals surface area contributed by atoms with Crippen molar-refractivity contribution in [2.75, 3.05) is 0 Å². The Balaban J connectivity index is 1.94. The molecule has 4 nitrogen and oxygen atoms in total. The normalized spacial score (nSPS) is 18.8. The van der Waals surface area contributed by atoms with Crippen molar-refractivity contribution in [3.8, 4) is 0 Å². The van der Waals surface area contributed by atoms with Crippen molar-refractivity contribution in [1.29, 1.82) is 0 Å². The third kappa shape index (κ3) is 2.99. The summed E-state index contributed by atoms with van der Waals surface area (Å²) in [4.78, 5) is 16.3. The SMILES string of the molecule is CCn1ccnc1CC(=O)C(O)C1CCCCC1. The maximum Gasteiger partial charge on any atom is 0.169 e. The highest BCUT2D eigenvalue weighted by Crippen LogP contribution is 2.27. The summed E-state index contributed by atoms with van der Waals surface area (Å²) in [5, 5.41) is 10.1. The van der Waals surface area contributed by atoms with Crippen LogP contribution in [0.4, 0.5) is 0 Å². The Morgan fingerprint density at radius 3 is 2.89 bits per heavy atom. The predicted molar refractivity (Wildman–Crippen MR) is 69.2 cm³/mol. The third-order valence-electron chi connectivity index (χ3n) is 3.90. The van der Waals surface area contributed by atoms with Crippen molar-refractivity contribution in [2.45, 2.75) is 58.1 Å². The molecule has 1 atom stereocenters. The number of imidazole rings is 1. The third-order valence-corrected chi connectivity index (χ3v) is 3.90. The van der Waals surface area contributed by atoms with E-state index in [-0.39, 0.29) is 18.1 Å². The molecule has 1 aliphatic carbocycles. The first kappa shape index (κ1) is 13.3. The van der Waals surface area contributed by atoms with Crippen LogP contribution >= 0.6 is 0 Å². The number of aliphatic hydroxyl groups excluding tert-OH is 1. The molecule has 0 radical (unpaired) electrons. The summed E-state index contributed by atoms with van der Waals surface area (Å²) in [6.07, 6.45) is 8.50. The van der Waals surface area contributed by atoms with Gasteiger partial charge in [0, 0.05) is 18.9 Å². The molecule has 0 spiro atoms. The highest BCUT2D eigenvalue weighted by atomic mass is 16.3. The molecule has 18 heavy (non-hydrogen) atoms. The molecule has 1 saturated carbocycles. The number of carbonyl (C=O) groups is 1. The van der Waals surface area contributed by atoms with E-state index in [1.165, 1.54) is 6.42 Å². The number of Topliss-reactive ketones (excluding diaryl/α,β-unsaturated/α-hetero) is 1. The maximum absolute atomic E-state index is 12.1. The number of ketones is 1. The Bertz CT molecular complexity index is 394. The van der Waals surface area contributed by atoms with E-state index in [1.807, 2.05) is 17.7 Å². The second-order valence-corrected chi connectivity index (χ2v) is 5.12. The molecular formula is C14H22N2O2. The molecule has 1 aromatic heterocycles. The van der Waals surface area contributed by atoms with E-state index in [4.69, 9.17) is 0 Å². The number of aliphatic hydroxyl groups is 1. The van der Waals surface area contributed by atoms with Crippen LogP contribution in [0.3, 0.4) is 0 Å². The van der Waals surface area contributed by atoms with Crippen LogP contribution < -0.4 is 0 Å². The van der Waals surface area contributed by atoms with Gasteiger partial charge in [-0.2, -0.15) is 0 Å².